The van der Waals surface area contributed by atoms with Gasteiger partial charge in [0.25, 0.3) is 0 Å². The zero-order valence-electron chi connectivity index (χ0n) is 11.4. The molecule has 3 nitrogen and oxygen atoms in total. The highest BCUT2D eigenvalue weighted by atomic mass is 19.1. The SMILES string of the molecule is COc1cccc(C#N)c1NC(C)c1ccccc1F. The van der Waals surface area contributed by atoms with Crippen molar-refractivity contribution >= 4 is 5.69 Å². The van der Waals surface area contributed by atoms with E-state index in [1.54, 1.807) is 36.4 Å². The molecule has 20 heavy (non-hydrogen) atoms. The zero-order valence-corrected chi connectivity index (χ0v) is 11.4. The first-order chi connectivity index (χ1) is 9.67. The number of hydrogen-bond donors (Lipinski definition) is 1. The molecular formula is C16H15FN2O. The third kappa shape index (κ3) is 2.72. The molecule has 0 aromatic heterocycles. The molecule has 102 valence electrons. The van der Waals surface area contributed by atoms with Crippen LogP contribution >= 0.6 is 0 Å². The van der Waals surface area contributed by atoms with E-state index in [0.717, 1.165) is 0 Å². The number of ether oxygens (including phenoxy) is 1. The first-order valence-corrected chi connectivity index (χ1v) is 6.25. The summed E-state index contributed by atoms with van der Waals surface area (Å²) in [5, 5.41) is 12.3. The Bertz CT molecular complexity index is 649. The van der Waals surface area contributed by atoms with Crippen LogP contribution in [0.1, 0.15) is 24.1 Å². The van der Waals surface area contributed by atoms with E-state index in [0.29, 0.717) is 22.6 Å². The van der Waals surface area contributed by atoms with E-state index < -0.39 is 0 Å². The summed E-state index contributed by atoms with van der Waals surface area (Å²) in [6.45, 7) is 1.84. The average Bonchev–Trinajstić information content (AvgIpc) is 2.47. The number of rotatable bonds is 4. The zero-order chi connectivity index (χ0) is 14.5. The van der Waals surface area contributed by atoms with Gasteiger partial charge in [0.2, 0.25) is 0 Å². The van der Waals surface area contributed by atoms with Crippen LogP contribution in [0.4, 0.5) is 10.1 Å². The molecule has 0 heterocycles. The quantitative estimate of drug-likeness (QED) is 0.917. The van der Waals surface area contributed by atoms with E-state index in [1.807, 2.05) is 6.92 Å². The van der Waals surface area contributed by atoms with Crippen LogP contribution in [0.25, 0.3) is 0 Å². The maximum Gasteiger partial charge on any atom is 0.143 e. The molecule has 0 saturated carbocycles. The maximum absolute atomic E-state index is 13.8. The summed E-state index contributed by atoms with van der Waals surface area (Å²) < 4.78 is 19.0. The van der Waals surface area contributed by atoms with Crippen LogP contribution in [-0.4, -0.2) is 7.11 Å². The van der Waals surface area contributed by atoms with Crippen molar-refractivity contribution in [1.82, 2.24) is 0 Å². The fraction of sp³-hybridized carbons (Fsp3) is 0.188. The van der Waals surface area contributed by atoms with Gasteiger partial charge >= 0.3 is 0 Å². The Balaban J connectivity index is 2.35. The van der Waals surface area contributed by atoms with Crippen molar-refractivity contribution in [1.29, 1.82) is 5.26 Å². The highest BCUT2D eigenvalue weighted by Crippen LogP contribution is 2.31. The van der Waals surface area contributed by atoms with E-state index in [-0.39, 0.29) is 11.9 Å². The van der Waals surface area contributed by atoms with Crippen LogP contribution in [0.15, 0.2) is 42.5 Å². The Kier molecular flexibility index (Phi) is 4.21. The van der Waals surface area contributed by atoms with Gasteiger partial charge in [-0.2, -0.15) is 5.26 Å². The van der Waals surface area contributed by atoms with Crippen molar-refractivity contribution in [3.8, 4) is 11.8 Å². The largest absolute Gasteiger partial charge is 0.495 e. The molecule has 0 amide bonds. The Hall–Kier alpha value is -2.54. The summed E-state index contributed by atoms with van der Waals surface area (Å²) in [7, 11) is 1.54. The van der Waals surface area contributed by atoms with Gasteiger partial charge in [0.15, 0.2) is 0 Å². The highest BCUT2D eigenvalue weighted by molar-refractivity contribution is 5.67. The second-order valence-electron chi connectivity index (χ2n) is 4.38. The van der Waals surface area contributed by atoms with Crippen molar-refractivity contribution in [2.45, 2.75) is 13.0 Å². The summed E-state index contributed by atoms with van der Waals surface area (Å²) >= 11 is 0. The first kappa shape index (κ1) is 13.9. The Labute approximate surface area is 117 Å². The Morgan fingerprint density at radius 2 is 1.95 bits per heavy atom. The summed E-state index contributed by atoms with van der Waals surface area (Å²) in [5.74, 6) is 0.285. The number of para-hydroxylation sites is 1. The number of methoxy groups -OCH3 is 1. The van der Waals surface area contributed by atoms with E-state index >= 15 is 0 Å². The molecule has 0 spiro atoms. The minimum atomic E-state index is -0.278. The molecule has 4 heteroatoms. The molecule has 0 aliphatic carbocycles. The molecule has 0 fully saturated rings. The molecule has 1 unspecified atom stereocenters. The predicted octanol–water partition coefficient (Wildman–Crippen LogP) is 3.88. The van der Waals surface area contributed by atoms with Gasteiger partial charge in [-0.3, -0.25) is 0 Å². The Morgan fingerprint density at radius 3 is 2.60 bits per heavy atom. The van der Waals surface area contributed by atoms with Gasteiger partial charge in [0.05, 0.1) is 24.4 Å². The first-order valence-electron chi connectivity index (χ1n) is 6.25. The number of benzene rings is 2. The lowest BCUT2D eigenvalue weighted by atomic mass is 10.1. The predicted molar refractivity (Wildman–Crippen MR) is 76.1 cm³/mol. The van der Waals surface area contributed by atoms with Gasteiger partial charge < -0.3 is 10.1 Å². The van der Waals surface area contributed by atoms with Crippen LogP contribution in [0.2, 0.25) is 0 Å². The van der Waals surface area contributed by atoms with E-state index in [2.05, 4.69) is 11.4 Å². The molecule has 0 saturated heterocycles. The number of nitrogens with zero attached hydrogens (tertiary/aromatic N) is 1. The van der Waals surface area contributed by atoms with Crippen molar-refractivity contribution in [2.75, 3.05) is 12.4 Å². The maximum atomic E-state index is 13.8. The van der Waals surface area contributed by atoms with Gasteiger partial charge in [0.1, 0.15) is 17.6 Å². The molecule has 2 aromatic rings. The smallest absolute Gasteiger partial charge is 0.143 e. The number of anilines is 1. The fourth-order valence-electron chi connectivity index (χ4n) is 2.06. The summed E-state index contributed by atoms with van der Waals surface area (Å²) in [6, 6.07) is 13.6. The topological polar surface area (TPSA) is 45.0 Å². The van der Waals surface area contributed by atoms with Gasteiger partial charge in [-0.25, -0.2) is 4.39 Å². The van der Waals surface area contributed by atoms with Crippen molar-refractivity contribution in [2.24, 2.45) is 0 Å². The minimum absolute atomic E-state index is 0.277. The number of nitriles is 1. The second kappa shape index (κ2) is 6.07. The third-order valence-electron chi connectivity index (χ3n) is 3.10. The number of nitrogens with one attached hydrogen (secondary N) is 1. The van der Waals surface area contributed by atoms with Crippen LogP contribution < -0.4 is 10.1 Å². The number of hydrogen-bond acceptors (Lipinski definition) is 3. The molecule has 2 rings (SSSR count). The van der Waals surface area contributed by atoms with Crippen LogP contribution in [0.3, 0.4) is 0 Å². The average molecular weight is 270 g/mol. The normalized spacial score (nSPS) is 11.5. The fourth-order valence-corrected chi connectivity index (χ4v) is 2.06. The lowest BCUT2D eigenvalue weighted by molar-refractivity contribution is 0.416. The Morgan fingerprint density at radius 1 is 1.20 bits per heavy atom. The molecule has 2 aromatic carbocycles. The summed E-state index contributed by atoms with van der Waals surface area (Å²) in [4.78, 5) is 0. The molecule has 0 aliphatic heterocycles. The van der Waals surface area contributed by atoms with E-state index in [9.17, 15) is 4.39 Å². The van der Waals surface area contributed by atoms with E-state index in [4.69, 9.17) is 10.00 Å². The summed E-state index contributed by atoms with van der Waals surface area (Å²) in [5.41, 5.74) is 1.59. The van der Waals surface area contributed by atoms with Crippen LogP contribution in [0, 0.1) is 17.1 Å². The van der Waals surface area contributed by atoms with Crippen molar-refractivity contribution in [3.63, 3.8) is 0 Å². The standard InChI is InChI=1S/C16H15FN2O/c1-11(13-7-3-4-8-14(13)17)19-16-12(10-18)6-5-9-15(16)20-2/h3-9,11,19H,1-2H3. The minimum Gasteiger partial charge on any atom is -0.495 e. The van der Waals surface area contributed by atoms with Gasteiger partial charge in [-0.05, 0) is 25.1 Å². The van der Waals surface area contributed by atoms with Crippen molar-refractivity contribution in [3.05, 3.63) is 59.4 Å². The molecule has 0 aliphatic rings. The summed E-state index contributed by atoms with van der Waals surface area (Å²) in [6.07, 6.45) is 0. The van der Waals surface area contributed by atoms with Gasteiger partial charge in [-0.1, -0.05) is 24.3 Å². The molecule has 0 bridgehead atoms. The monoisotopic (exact) mass is 270 g/mol. The van der Waals surface area contributed by atoms with Crippen LogP contribution in [0.5, 0.6) is 5.75 Å². The highest BCUT2D eigenvalue weighted by Gasteiger charge is 2.15. The molecule has 1 atom stereocenters. The van der Waals surface area contributed by atoms with Gasteiger partial charge in [0, 0.05) is 5.56 Å². The third-order valence-corrected chi connectivity index (χ3v) is 3.10. The van der Waals surface area contributed by atoms with Gasteiger partial charge in [-0.15, -0.1) is 0 Å². The second-order valence-corrected chi connectivity index (χ2v) is 4.38. The van der Waals surface area contributed by atoms with Crippen molar-refractivity contribution < 1.29 is 9.13 Å². The van der Waals surface area contributed by atoms with Crippen LogP contribution in [-0.2, 0) is 0 Å². The number of halogens is 1. The lowest BCUT2D eigenvalue weighted by Crippen LogP contribution is -2.10. The molecule has 0 radical (unpaired) electrons. The molecule has 1 N–H and O–H groups in total. The van der Waals surface area contributed by atoms with E-state index in [1.165, 1.54) is 13.2 Å². The lowest BCUT2D eigenvalue weighted by Gasteiger charge is -2.19. The molecular weight excluding hydrogens is 255 g/mol.